The highest BCUT2D eigenvalue weighted by Gasteiger charge is 2.26. The van der Waals surface area contributed by atoms with E-state index in [9.17, 15) is 27.3 Å². The number of nitro groups is 1. The maximum Gasteiger partial charge on any atom is 0.306 e. The number of hydrogen-bond donors (Lipinski definition) is 2. The van der Waals surface area contributed by atoms with Crippen molar-refractivity contribution < 1.29 is 22.1 Å². The Morgan fingerprint density at radius 2 is 2.00 bits per heavy atom. The van der Waals surface area contributed by atoms with Crippen LogP contribution in [-0.4, -0.2) is 25.9 Å². The standard InChI is InChI=1S/C10H13F2N3O4S/c1-2-6(13)5-14-20(18,19)10-4-9(15(16)17)7(11)3-8(10)12/h3-4,6,14H,2,5,13H2,1H3. The predicted octanol–water partition coefficient (Wildman–Crippen LogP) is 0.889. The molecule has 0 saturated heterocycles. The highest BCUT2D eigenvalue weighted by atomic mass is 32.2. The first-order valence-electron chi connectivity index (χ1n) is 5.57. The van der Waals surface area contributed by atoms with E-state index in [1.165, 1.54) is 0 Å². The second-order valence-corrected chi connectivity index (χ2v) is 5.75. The largest absolute Gasteiger partial charge is 0.327 e. The number of nitrogens with zero attached hydrogens (tertiary/aromatic N) is 1. The van der Waals surface area contributed by atoms with Crippen LogP contribution in [0.4, 0.5) is 14.5 Å². The van der Waals surface area contributed by atoms with Gasteiger partial charge in [0.15, 0.2) is 0 Å². The molecule has 1 unspecified atom stereocenters. The van der Waals surface area contributed by atoms with Crippen molar-refractivity contribution in [3.05, 3.63) is 33.9 Å². The number of halogens is 2. The van der Waals surface area contributed by atoms with Crippen molar-refractivity contribution in [2.45, 2.75) is 24.3 Å². The molecule has 0 aliphatic heterocycles. The zero-order valence-corrected chi connectivity index (χ0v) is 11.3. The monoisotopic (exact) mass is 309 g/mol. The van der Waals surface area contributed by atoms with E-state index in [0.29, 0.717) is 12.5 Å². The Labute approximate surface area is 114 Å². The molecule has 3 N–H and O–H groups in total. The first-order valence-corrected chi connectivity index (χ1v) is 7.06. The predicted molar refractivity (Wildman–Crippen MR) is 66.5 cm³/mol. The second-order valence-electron chi connectivity index (χ2n) is 4.01. The first-order chi connectivity index (χ1) is 9.19. The molecular formula is C10H13F2N3O4S. The summed E-state index contributed by atoms with van der Waals surface area (Å²) < 4.78 is 52.2. The average Bonchev–Trinajstić information content (AvgIpc) is 2.35. The minimum absolute atomic E-state index is 0.159. The van der Waals surface area contributed by atoms with Crippen LogP contribution in [0.1, 0.15) is 13.3 Å². The van der Waals surface area contributed by atoms with Crippen LogP contribution in [0.5, 0.6) is 0 Å². The van der Waals surface area contributed by atoms with Crippen molar-refractivity contribution in [2.24, 2.45) is 5.73 Å². The van der Waals surface area contributed by atoms with E-state index in [-0.39, 0.29) is 12.6 Å². The number of sulfonamides is 1. The summed E-state index contributed by atoms with van der Waals surface area (Å²) in [4.78, 5) is 8.41. The zero-order chi connectivity index (χ0) is 15.5. The lowest BCUT2D eigenvalue weighted by molar-refractivity contribution is -0.387. The highest BCUT2D eigenvalue weighted by molar-refractivity contribution is 7.89. The fourth-order valence-electron chi connectivity index (χ4n) is 1.30. The van der Waals surface area contributed by atoms with Crippen LogP contribution in [0, 0.1) is 21.7 Å². The molecule has 1 atom stereocenters. The molecule has 0 radical (unpaired) electrons. The first kappa shape index (κ1) is 16.4. The zero-order valence-electron chi connectivity index (χ0n) is 10.5. The maximum absolute atomic E-state index is 13.5. The average molecular weight is 309 g/mol. The van der Waals surface area contributed by atoms with E-state index in [2.05, 4.69) is 0 Å². The third kappa shape index (κ3) is 3.68. The minimum Gasteiger partial charge on any atom is -0.327 e. The number of rotatable bonds is 6. The van der Waals surface area contributed by atoms with E-state index in [1.807, 2.05) is 4.72 Å². The number of hydrogen-bond acceptors (Lipinski definition) is 5. The lowest BCUT2D eigenvalue weighted by Crippen LogP contribution is -2.37. The summed E-state index contributed by atoms with van der Waals surface area (Å²) in [6, 6.07) is 0.0139. The molecule has 0 aliphatic carbocycles. The van der Waals surface area contributed by atoms with Crippen LogP contribution in [0.3, 0.4) is 0 Å². The Hall–Kier alpha value is -1.65. The Morgan fingerprint density at radius 1 is 1.40 bits per heavy atom. The molecule has 0 bridgehead atoms. The Kier molecular flexibility index (Phi) is 5.09. The summed E-state index contributed by atoms with van der Waals surface area (Å²) in [6.07, 6.45) is 0.481. The molecule has 7 nitrogen and oxygen atoms in total. The van der Waals surface area contributed by atoms with Crippen LogP contribution in [0.25, 0.3) is 0 Å². The van der Waals surface area contributed by atoms with Gasteiger partial charge in [-0.1, -0.05) is 6.92 Å². The lowest BCUT2D eigenvalue weighted by Gasteiger charge is -2.11. The van der Waals surface area contributed by atoms with Crippen LogP contribution in [0.2, 0.25) is 0 Å². The van der Waals surface area contributed by atoms with Gasteiger partial charge in [-0.25, -0.2) is 17.5 Å². The van der Waals surface area contributed by atoms with Gasteiger partial charge in [-0.05, 0) is 6.42 Å². The van der Waals surface area contributed by atoms with Crippen LogP contribution >= 0.6 is 0 Å². The highest BCUT2D eigenvalue weighted by Crippen LogP contribution is 2.24. The summed E-state index contributed by atoms with van der Waals surface area (Å²) in [5, 5.41) is 10.5. The number of nitro benzene ring substituents is 1. The summed E-state index contributed by atoms with van der Waals surface area (Å²) >= 11 is 0. The third-order valence-corrected chi connectivity index (χ3v) is 3.99. The Balaban J connectivity index is 3.18. The Morgan fingerprint density at radius 3 is 2.50 bits per heavy atom. The van der Waals surface area contributed by atoms with Gasteiger partial charge in [0, 0.05) is 24.7 Å². The number of nitrogens with one attached hydrogen (secondary N) is 1. The molecule has 20 heavy (non-hydrogen) atoms. The number of nitrogens with two attached hydrogens (primary N) is 1. The van der Waals surface area contributed by atoms with Crippen molar-refractivity contribution in [2.75, 3.05) is 6.54 Å². The molecule has 0 amide bonds. The Bertz CT molecular complexity index is 621. The normalized spacial score (nSPS) is 13.2. The van der Waals surface area contributed by atoms with Gasteiger partial charge >= 0.3 is 5.69 Å². The smallest absolute Gasteiger partial charge is 0.306 e. The fraction of sp³-hybridized carbons (Fsp3) is 0.400. The molecule has 1 aromatic rings. The van der Waals surface area contributed by atoms with E-state index < -0.39 is 43.2 Å². The van der Waals surface area contributed by atoms with E-state index >= 15 is 0 Å². The van der Waals surface area contributed by atoms with Gasteiger partial charge in [-0.3, -0.25) is 10.1 Å². The summed E-state index contributed by atoms with van der Waals surface area (Å²) in [7, 11) is -4.34. The van der Waals surface area contributed by atoms with E-state index in [1.54, 1.807) is 6.92 Å². The molecule has 0 fully saturated rings. The molecule has 0 saturated carbocycles. The molecule has 112 valence electrons. The van der Waals surface area contributed by atoms with E-state index in [4.69, 9.17) is 5.73 Å². The van der Waals surface area contributed by atoms with Gasteiger partial charge in [0.1, 0.15) is 10.7 Å². The van der Waals surface area contributed by atoms with Crippen LogP contribution in [0.15, 0.2) is 17.0 Å². The molecule has 10 heteroatoms. The fourth-order valence-corrected chi connectivity index (χ4v) is 2.47. The number of benzene rings is 1. The van der Waals surface area contributed by atoms with Crippen molar-refractivity contribution in [3.8, 4) is 0 Å². The van der Waals surface area contributed by atoms with Gasteiger partial charge < -0.3 is 5.73 Å². The lowest BCUT2D eigenvalue weighted by atomic mass is 10.2. The quantitative estimate of drug-likeness (QED) is 0.598. The van der Waals surface area contributed by atoms with Gasteiger partial charge in [-0.15, -0.1) is 0 Å². The molecule has 0 heterocycles. The van der Waals surface area contributed by atoms with Gasteiger partial charge in [0.05, 0.1) is 4.92 Å². The molecular weight excluding hydrogens is 296 g/mol. The van der Waals surface area contributed by atoms with Crippen LogP contribution in [-0.2, 0) is 10.0 Å². The molecule has 0 aromatic heterocycles. The molecule has 0 aliphatic rings. The summed E-state index contributed by atoms with van der Waals surface area (Å²) in [5.74, 6) is -2.86. The molecule has 1 rings (SSSR count). The van der Waals surface area contributed by atoms with Gasteiger partial charge in [0.2, 0.25) is 15.8 Å². The van der Waals surface area contributed by atoms with Crippen LogP contribution < -0.4 is 10.5 Å². The van der Waals surface area contributed by atoms with Crippen molar-refractivity contribution in [1.82, 2.24) is 4.72 Å². The summed E-state index contributed by atoms with van der Waals surface area (Å²) in [6.45, 7) is 1.56. The summed E-state index contributed by atoms with van der Waals surface area (Å²) in [5.41, 5.74) is 4.39. The van der Waals surface area contributed by atoms with Crippen molar-refractivity contribution in [1.29, 1.82) is 0 Å². The topological polar surface area (TPSA) is 115 Å². The third-order valence-electron chi connectivity index (χ3n) is 2.55. The van der Waals surface area contributed by atoms with Gasteiger partial charge in [-0.2, -0.15) is 4.39 Å². The van der Waals surface area contributed by atoms with Gasteiger partial charge in [0.25, 0.3) is 0 Å². The second kappa shape index (κ2) is 6.20. The minimum atomic E-state index is -4.34. The molecule has 0 spiro atoms. The SMILES string of the molecule is CCC(N)CNS(=O)(=O)c1cc([N+](=O)[O-])c(F)cc1F. The van der Waals surface area contributed by atoms with Crippen molar-refractivity contribution in [3.63, 3.8) is 0 Å². The van der Waals surface area contributed by atoms with E-state index in [0.717, 1.165) is 0 Å². The molecule has 1 aromatic carbocycles. The van der Waals surface area contributed by atoms with Crippen molar-refractivity contribution >= 4 is 15.7 Å². The maximum atomic E-state index is 13.5.